The van der Waals surface area contributed by atoms with Crippen LogP contribution >= 0.6 is 0 Å². The number of nitrogens with zero attached hydrogens (tertiary/aromatic N) is 2. The maximum Gasteiger partial charge on any atom is 0.0850 e. The number of aromatic nitrogens is 3. The second-order valence-electron chi connectivity index (χ2n) is 2.05. The van der Waals surface area contributed by atoms with Crippen LogP contribution in [0.3, 0.4) is 0 Å². The van der Waals surface area contributed by atoms with E-state index in [1.165, 1.54) is 0 Å². The molecule has 0 bridgehead atoms. The van der Waals surface area contributed by atoms with E-state index in [0.29, 0.717) is 5.92 Å². The number of rotatable bonds is 1. The van der Waals surface area contributed by atoms with Gasteiger partial charge in [-0.05, 0) is 5.92 Å². The van der Waals surface area contributed by atoms with Gasteiger partial charge in [0, 0.05) is 32.7 Å². The van der Waals surface area contributed by atoms with Gasteiger partial charge in [0.15, 0.2) is 0 Å². The molecule has 1 aromatic rings. The molecule has 1 N–H and O–H groups in total. The monoisotopic (exact) mass is 215 g/mol. The number of aromatic amines is 1. The SMILES string of the molecule is CC(C)c1cn[nH]n1.[CH3-].[Y]. The summed E-state index contributed by atoms with van der Waals surface area (Å²) in [6.07, 6.45) is 1.74. The topological polar surface area (TPSA) is 41.6 Å². The fourth-order valence-electron chi connectivity index (χ4n) is 0.489. The molecule has 0 fully saturated rings. The molecule has 0 saturated heterocycles. The van der Waals surface area contributed by atoms with E-state index >= 15 is 0 Å². The van der Waals surface area contributed by atoms with Crippen molar-refractivity contribution < 1.29 is 32.7 Å². The Labute approximate surface area is 86.9 Å². The Balaban J connectivity index is 0. The number of hydrogen-bond acceptors (Lipinski definition) is 2. The van der Waals surface area contributed by atoms with Crippen molar-refractivity contribution in [3.8, 4) is 0 Å². The second-order valence-corrected chi connectivity index (χ2v) is 2.05. The first kappa shape index (κ1) is 12.9. The predicted molar refractivity (Wildman–Crippen MR) is 36.9 cm³/mol. The van der Waals surface area contributed by atoms with E-state index in [9.17, 15) is 0 Å². The van der Waals surface area contributed by atoms with Crippen LogP contribution < -0.4 is 0 Å². The molecular formula is C6H12N3Y-. The van der Waals surface area contributed by atoms with Gasteiger partial charge in [0.1, 0.15) is 0 Å². The van der Waals surface area contributed by atoms with Crippen LogP contribution in [-0.2, 0) is 32.7 Å². The zero-order valence-corrected chi connectivity index (χ0v) is 9.46. The third kappa shape index (κ3) is 3.42. The van der Waals surface area contributed by atoms with Gasteiger partial charge in [-0.15, -0.1) is 0 Å². The van der Waals surface area contributed by atoms with Gasteiger partial charge in [0.2, 0.25) is 0 Å². The van der Waals surface area contributed by atoms with E-state index in [4.69, 9.17) is 0 Å². The molecule has 0 aromatic carbocycles. The van der Waals surface area contributed by atoms with Crippen molar-refractivity contribution in [3.05, 3.63) is 19.3 Å². The molecular weight excluding hydrogens is 203 g/mol. The first-order valence-electron chi connectivity index (χ1n) is 2.66. The minimum absolute atomic E-state index is 0. The summed E-state index contributed by atoms with van der Waals surface area (Å²) in [5.41, 5.74) is 1.02. The summed E-state index contributed by atoms with van der Waals surface area (Å²) in [4.78, 5) is 0. The zero-order chi connectivity index (χ0) is 5.98. The summed E-state index contributed by atoms with van der Waals surface area (Å²) in [5.74, 6) is 0.480. The summed E-state index contributed by atoms with van der Waals surface area (Å²) in [6, 6.07) is 0. The molecule has 0 spiro atoms. The first-order valence-corrected chi connectivity index (χ1v) is 2.66. The molecule has 0 aliphatic carbocycles. The van der Waals surface area contributed by atoms with E-state index < -0.39 is 0 Å². The molecule has 0 atom stereocenters. The molecule has 55 valence electrons. The normalized spacial score (nSPS) is 8.30. The van der Waals surface area contributed by atoms with Crippen LogP contribution in [0.4, 0.5) is 0 Å². The van der Waals surface area contributed by atoms with Crippen molar-refractivity contribution in [2.75, 3.05) is 0 Å². The summed E-state index contributed by atoms with van der Waals surface area (Å²) in [7, 11) is 0. The van der Waals surface area contributed by atoms with Crippen LogP contribution in [0.15, 0.2) is 6.20 Å². The molecule has 10 heavy (non-hydrogen) atoms. The maximum absolute atomic E-state index is 3.88. The Morgan fingerprint density at radius 1 is 1.50 bits per heavy atom. The summed E-state index contributed by atoms with van der Waals surface area (Å²) >= 11 is 0. The van der Waals surface area contributed by atoms with Crippen molar-refractivity contribution in [1.82, 2.24) is 15.4 Å². The van der Waals surface area contributed by atoms with E-state index in [2.05, 4.69) is 29.3 Å². The molecule has 0 saturated carbocycles. The fourth-order valence-corrected chi connectivity index (χ4v) is 0.489. The summed E-state index contributed by atoms with van der Waals surface area (Å²) in [5, 5.41) is 10.1. The van der Waals surface area contributed by atoms with Crippen molar-refractivity contribution in [1.29, 1.82) is 0 Å². The van der Waals surface area contributed by atoms with Crippen LogP contribution in [0.25, 0.3) is 0 Å². The maximum atomic E-state index is 3.88. The van der Waals surface area contributed by atoms with Gasteiger partial charge < -0.3 is 7.43 Å². The molecule has 1 rings (SSSR count). The molecule has 1 radical (unpaired) electrons. The standard InChI is InChI=1S/C5H9N3.CH3.Y/c1-4(2)5-3-6-8-7-5;;/h3-4H,1-2H3,(H,6,7,8);1H3;/q;-1;. The van der Waals surface area contributed by atoms with E-state index in [1.807, 2.05) is 0 Å². The third-order valence-electron chi connectivity index (χ3n) is 1.03. The fraction of sp³-hybridized carbons (Fsp3) is 0.500. The van der Waals surface area contributed by atoms with Crippen molar-refractivity contribution >= 4 is 0 Å². The van der Waals surface area contributed by atoms with E-state index in [-0.39, 0.29) is 40.1 Å². The zero-order valence-electron chi connectivity index (χ0n) is 6.63. The van der Waals surface area contributed by atoms with E-state index in [1.54, 1.807) is 6.20 Å². The van der Waals surface area contributed by atoms with Crippen LogP contribution in [0.2, 0.25) is 0 Å². The molecule has 4 heteroatoms. The van der Waals surface area contributed by atoms with Gasteiger partial charge in [-0.1, -0.05) is 13.8 Å². The van der Waals surface area contributed by atoms with Gasteiger partial charge in [-0.25, -0.2) is 0 Å². The van der Waals surface area contributed by atoms with Crippen LogP contribution in [0, 0.1) is 7.43 Å². The molecule has 0 unspecified atom stereocenters. The molecule has 0 amide bonds. The number of nitrogens with one attached hydrogen (secondary N) is 1. The Bertz CT molecular complexity index is 148. The number of H-pyrrole nitrogens is 1. The minimum atomic E-state index is 0. The molecule has 1 aromatic heterocycles. The van der Waals surface area contributed by atoms with Crippen molar-refractivity contribution in [2.45, 2.75) is 19.8 Å². The quantitative estimate of drug-likeness (QED) is 0.719. The largest absolute Gasteiger partial charge is 0.358 e. The smallest absolute Gasteiger partial charge is 0.0850 e. The molecule has 0 aliphatic heterocycles. The molecule has 0 aliphatic rings. The second kappa shape index (κ2) is 5.99. The Hall–Kier alpha value is 0.244. The average Bonchev–Trinajstić information content (AvgIpc) is 2.12. The van der Waals surface area contributed by atoms with Gasteiger partial charge in [0.25, 0.3) is 0 Å². The van der Waals surface area contributed by atoms with Crippen molar-refractivity contribution in [3.63, 3.8) is 0 Å². The van der Waals surface area contributed by atoms with Crippen LogP contribution in [-0.4, -0.2) is 15.4 Å². The molecule has 1 heterocycles. The van der Waals surface area contributed by atoms with E-state index in [0.717, 1.165) is 5.69 Å². The van der Waals surface area contributed by atoms with Gasteiger partial charge in [-0.3, -0.25) is 0 Å². The number of hydrogen-bond donors (Lipinski definition) is 1. The average molecular weight is 215 g/mol. The Morgan fingerprint density at radius 2 is 2.10 bits per heavy atom. The Morgan fingerprint density at radius 3 is 2.30 bits per heavy atom. The van der Waals surface area contributed by atoms with Gasteiger partial charge in [0.05, 0.1) is 11.9 Å². The molecule has 3 nitrogen and oxygen atoms in total. The van der Waals surface area contributed by atoms with Crippen molar-refractivity contribution in [2.24, 2.45) is 0 Å². The summed E-state index contributed by atoms with van der Waals surface area (Å²) < 4.78 is 0. The predicted octanol–water partition coefficient (Wildman–Crippen LogP) is 1.38. The van der Waals surface area contributed by atoms with Crippen LogP contribution in [0.5, 0.6) is 0 Å². The van der Waals surface area contributed by atoms with Gasteiger partial charge in [-0.2, -0.15) is 15.4 Å². The summed E-state index contributed by atoms with van der Waals surface area (Å²) in [6.45, 7) is 4.16. The minimum Gasteiger partial charge on any atom is -0.358 e. The van der Waals surface area contributed by atoms with Gasteiger partial charge >= 0.3 is 0 Å². The Kier molecular flexibility index (Phi) is 7.71. The van der Waals surface area contributed by atoms with Crippen LogP contribution in [0.1, 0.15) is 25.5 Å². The third-order valence-corrected chi connectivity index (χ3v) is 1.03. The first-order chi connectivity index (χ1) is 3.80.